The second-order valence-corrected chi connectivity index (χ2v) is 11.8. The molecule has 0 saturated heterocycles. The Balaban J connectivity index is 1.61. The molecule has 4 aromatic rings. The minimum Gasteiger partial charge on any atom is -0.495 e. The zero-order valence-electron chi connectivity index (χ0n) is 22.0. The number of halogens is 1. The molecule has 0 bridgehead atoms. The van der Waals surface area contributed by atoms with Crippen molar-refractivity contribution in [2.75, 3.05) is 29.9 Å². The topological polar surface area (TPSA) is 125 Å². The standard InChI is InChI=1S/C29H31BrN4O5S/c1-39-26-16-13-23(32-29(36)25-20-31-28(33-25)21-9-5-4-6-10-21)19-27(26)40(37,38)34(17-7-2-3-8-18-35)24-14-11-22(30)12-15-24/h4-6,9-16,19-20,35H,2-3,7-8,17-18H2,1H3,(H,31,33)(H,32,36). The molecular formula is C29H31BrN4O5S. The van der Waals surface area contributed by atoms with E-state index in [-0.39, 0.29) is 29.5 Å². The third-order valence-electron chi connectivity index (χ3n) is 6.24. The fourth-order valence-electron chi connectivity index (χ4n) is 4.17. The number of ether oxygens (including phenoxy) is 1. The molecule has 0 aliphatic rings. The summed E-state index contributed by atoms with van der Waals surface area (Å²) in [4.78, 5) is 20.2. The summed E-state index contributed by atoms with van der Waals surface area (Å²) in [5.41, 5.74) is 1.87. The average Bonchev–Trinajstić information content (AvgIpc) is 3.47. The molecule has 1 aromatic heterocycles. The summed E-state index contributed by atoms with van der Waals surface area (Å²) < 4.78 is 35.7. The van der Waals surface area contributed by atoms with Gasteiger partial charge in [0.15, 0.2) is 0 Å². The van der Waals surface area contributed by atoms with E-state index in [1.54, 1.807) is 30.3 Å². The summed E-state index contributed by atoms with van der Waals surface area (Å²) in [7, 11) is -2.68. The molecule has 9 nitrogen and oxygen atoms in total. The molecule has 0 atom stereocenters. The molecule has 210 valence electrons. The number of hydrogen-bond acceptors (Lipinski definition) is 6. The van der Waals surface area contributed by atoms with E-state index in [2.05, 4.69) is 31.2 Å². The Hall–Kier alpha value is -3.67. The van der Waals surface area contributed by atoms with Crippen LogP contribution in [0.4, 0.5) is 11.4 Å². The van der Waals surface area contributed by atoms with Gasteiger partial charge in [0.05, 0.1) is 19.0 Å². The molecule has 1 amide bonds. The molecular weight excluding hydrogens is 596 g/mol. The number of imidazole rings is 1. The first-order chi connectivity index (χ1) is 19.3. The van der Waals surface area contributed by atoms with Crippen molar-refractivity contribution in [3.05, 3.63) is 89.2 Å². The molecule has 11 heteroatoms. The summed E-state index contributed by atoms with van der Waals surface area (Å²) in [6.45, 7) is 0.349. The predicted octanol–water partition coefficient (Wildman–Crippen LogP) is 5.85. The number of anilines is 2. The second kappa shape index (κ2) is 13.6. The van der Waals surface area contributed by atoms with Gasteiger partial charge in [0, 0.05) is 28.9 Å². The number of hydrogen-bond donors (Lipinski definition) is 3. The monoisotopic (exact) mass is 626 g/mol. The van der Waals surface area contributed by atoms with E-state index >= 15 is 0 Å². The van der Waals surface area contributed by atoms with Crippen molar-refractivity contribution in [1.29, 1.82) is 0 Å². The van der Waals surface area contributed by atoms with Crippen LogP contribution >= 0.6 is 15.9 Å². The third-order valence-corrected chi connectivity index (χ3v) is 8.62. The van der Waals surface area contributed by atoms with E-state index in [0.29, 0.717) is 30.0 Å². The lowest BCUT2D eigenvalue weighted by molar-refractivity contribution is 0.102. The Labute approximate surface area is 242 Å². The van der Waals surface area contributed by atoms with E-state index in [1.165, 1.54) is 29.7 Å². The molecule has 0 spiro atoms. The van der Waals surface area contributed by atoms with Crippen molar-refractivity contribution in [2.24, 2.45) is 0 Å². The number of H-pyrrole nitrogens is 1. The van der Waals surface area contributed by atoms with Crippen LogP contribution in [0.5, 0.6) is 5.75 Å². The van der Waals surface area contributed by atoms with Crippen molar-refractivity contribution >= 4 is 43.2 Å². The molecule has 3 N–H and O–H groups in total. The maximum absolute atomic E-state index is 14.1. The maximum atomic E-state index is 14.1. The molecule has 0 unspecified atom stereocenters. The van der Waals surface area contributed by atoms with Gasteiger partial charge in [-0.2, -0.15) is 0 Å². The Morgan fingerprint density at radius 1 is 1.02 bits per heavy atom. The highest BCUT2D eigenvalue weighted by Crippen LogP contribution is 2.33. The number of unbranched alkanes of at least 4 members (excludes halogenated alkanes) is 3. The van der Waals surface area contributed by atoms with Gasteiger partial charge < -0.3 is 20.1 Å². The summed E-state index contributed by atoms with van der Waals surface area (Å²) in [6, 6.07) is 20.9. The number of carbonyl (C=O) groups excluding carboxylic acids is 1. The summed E-state index contributed by atoms with van der Waals surface area (Å²) in [5.74, 6) is 0.248. The fraction of sp³-hybridized carbons (Fsp3) is 0.241. The van der Waals surface area contributed by atoms with E-state index < -0.39 is 15.9 Å². The summed E-state index contributed by atoms with van der Waals surface area (Å²) in [5, 5.41) is 11.8. The summed E-state index contributed by atoms with van der Waals surface area (Å²) >= 11 is 3.40. The van der Waals surface area contributed by atoms with Crippen molar-refractivity contribution in [2.45, 2.75) is 30.6 Å². The number of carbonyl (C=O) groups is 1. The highest BCUT2D eigenvalue weighted by Gasteiger charge is 2.29. The number of methoxy groups -OCH3 is 1. The second-order valence-electron chi connectivity index (χ2n) is 9.02. The van der Waals surface area contributed by atoms with Crippen molar-refractivity contribution < 1.29 is 23.1 Å². The van der Waals surface area contributed by atoms with Gasteiger partial charge in [-0.25, -0.2) is 13.4 Å². The quantitative estimate of drug-likeness (QED) is 0.160. The first-order valence-electron chi connectivity index (χ1n) is 12.8. The molecule has 0 fully saturated rings. The Morgan fingerprint density at radius 2 is 1.75 bits per heavy atom. The van der Waals surface area contributed by atoms with Gasteiger partial charge in [-0.05, 0) is 55.3 Å². The van der Waals surface area contributed by atoms with Crippen LogP contribution in [0.2, 0.25) is 0 Å². The first-order valence-corrected chi connectivity index (χ1v) is 15.1. The van der Waals surface area contributed by atoms with Gasteiger partial charge in [0.2, 0.25) is 0 Å². The van der Waals surface area contributed by atoms with E-state index in [9.17, 15) is 13.2 Å². The highest BCUT2D eigenvalue weighted by atomic mass is 79.9. The zero-order valence-corrected chi connectivity index (χ0v) is 24.4. The van der Waals surface area contributed by atoms with Crippen molar-refractivity contribution in [1.82, 2.24) is 9.97 Å². The van der Waals surface area contributed by atoms with Gasteiger partial charge in [0.25, 0.3) is 15.9 Å². The predicted molar refractivity (Wildman–Crippen MR) is 159 cm³/mol. The molecule has 0 aliphatic carbocycles. The maximum Gasteiger partial charge on any atom is 0.273 e. The molecule has 1 heterocycles. The van der Waals surface area contributed by atoms with Crippen LogP contribution in [0.25, 0.3) is 11.4 Å². The van der Waals surface area contributed by atoms with Crippen LogP contribution in [-0.2, 0) is 10.0 Å². The van der Waals surface area contributed by atoms with Crippen LogP contribution in [-0.4, -0.2) is 49.7 Å². The molecule has 4 rings (SSSR count). The van der Waals surface area contributed by atoms with Crippen LogP contribution in [0.3, 0.4) is 0 Å². The average molecular weight is 628 g/mol. The third kappa shape index (κ3) is 7.09. The van der Waals surface area contributed by atoms with Gasteiger partial charge in [-0.15, -0.1) is 0 Å². The minimum absolute atomic E-state index is 0.0688. The first kappa shape index (κ1) is 29.3. The number of sulfonamides is 1. The van der Waals surface area contributed by atoms with Crippen molar-refractivity contribution in [3.63, 3.8) is 0 Å². The van der Waals surface area contributed by atoms with Crippen LogP contribution in [0.15, 0.2) is 88.4 Å². The van der Waals surface area contributed by atoms with Crippen LogP contribution in [0, 0.1) is 0 Å². The Bertz CT molecular complexity index is 1530. The van der Waals surface area contributed by atoms with Crippen LogP contribution in [0.1, 0.15) is 36.2 Å². The number of nitrogens with one attached hydrogen (secondary N) is 2. The highest BCUT2D eigenvalue weighted by molar-refractivity contribution is 9.10. The van der Waals surface area contributed by atoms with Gasteiger partial charge in [-0.3, -0.25) is 9.10 Å². The molecule has 40 heavy (non-hydrogen) atoms. The lowest BCUT2D eigenvalue weighted by Gasteiger charge is -2.26. The van der Waals surface area contributed by atoms with Crippen LogP contribution < -0.4 is 14.4 Å². The number of aromatic nitrogens is 2. The minimum atomic E-state index is -4.09. The molecule has 0 aliphatic heterocycles. The van der Waals surface area contributed by atoms with E-state index in [1.807, 2.05) is 30.3 Å². The Kier molecular flexibility index (Phi) is 9.97. The largest absolute Gasteiger partial charge is 0.495 e. The molecule has 0 radical (unpaired) electrons. The molecule has 3 aromatic carbocycles. The number of aliphatic hydroxyl groups excluding tert-OH is 1. The lowest BCUT2D eigenvalue weighted by Crippen LogP contribution is -2.32. The number of rotatable bonds is 13. The van der Waals surface area contributed by atoms with E-state index in [0.717, 1.165) is 22.9 Å². The van der Waals surface area contributed by atoms with Gasteiger partial charge in [0.1, 0.15) is 22.2 Å². The molecule has 0 saturated carbocycles. The fourth-order valence-corrected chi connectivity index (χ4v) is 6.12. The smallest absolute Gasteiger partial charge is 0.273 e. The SMILES string of the molecule is COc1ccc(NC(=O)c2cnc(-c3ccccc3)[nH]2)cc1S(=O)(=O)N(CCCCCCO)c1ccc(Br)cc1. The van der Waals surface area contributed by atoms with Gasteiger partial charge >= 0.3 is 0 Å². The normalized spacial score (nSPS) is 11.3. The number of aromatic amines is 1. The number of benzene rings is 3. The Morgan fingerprint density at radius 3 is 2.45 bits per heavy atom. The zero-order chi connectivity index (χ0) is 28.5. The van der Waals surface area contributed by atoms with Crippen molar-refractivity contribution in [3.8, 4) is 17.1 Å². The number of amides is 1. The van der Waals surface area contributed by atoms with E-state index in [4.69, 9.17) is 9.84 Å². The van der Waals surface area contributed by atoms with Gasteiger partial charge in [-0.1, -0.05) is 59.1 Å². The summed E-state index contributed by atoms with van der Waals surface area (Å²) in [6.07, 6.45) is 4.28. The number of nitrogens with zero attached hydrogens (tertiary/aromatic N) is 2. The number of aliphatic hydroxyl groups is 1. The lowest BCUT2D eigenvalue weighted by atomic mass is 10.2.